The highest BCUT2D eigenvalue weighted by atomic mass is 32.2. The predicted octanol–water partition coefficient (Wildman–Crippen LogP) is 2.80. The molecule has 2 aromatic heterocycles. The van der Waals surface area contributed by atoms with Crippen LogP contribution in [0.4, 0.5) is 8.78 Å². The smallest absolute Gasteiger partial charge is 0.254 e. The van der Waals surface area contributed by atoms with Crippen molar-refractivity contribution in [2.75, 3.05) is 12.3 Å². The third-order valence-corrected chi connectivity index (χ3v) is 5.92. The number of nitrogens with zero attached hydrogens (tertiary/aromatic N) is 6. The molecule has 0 unspecified atom stereocenters. The Labute approximate surface area is 170 Å². The van der Waals surface area contributed by atoms with Crippen molar-refractivity contribution in [1.29, 1.82) is 0 Å². The number of hydrogen-bond acceptors (Lipinski definition) is 5. The van der Waals surface area contributed by atoms with Crippen LogP contribution in [0.3, 0.4) is 0 Å². The molecule has 0 N–H and O–H groups in total. The normalized spacial score (nSPS) is 13.6. The van der Waals surface area contributed by atoms with Crippen molar-refractivity contribution in [3.8, 4) is 11.5 Å². The Morgan fingerprint density at radius 1 is 1.21 bits per heavy atom. The zero-order valence-corrected chi connectivity index (χ0v) is 17.1. The van der Waals surface area contributed by atoms with E-state index in [0.717, 1.165) is 34.3 Å². The molecule has 1 aromatic carbocycles. The zero-order valence-electron chi connectivity index (χ0n) is 16.3. The molecule has 0 fully saturated rings. The van der Waals surface area contributed by atoms with Crippen LogP contribution in [-0.4, -0.2) is 47.6 Å². The maximum Gasteiger partial charge on any atom is 0.254 e. The van der Waals surface area contributed by atoms with Crippen LogP contribution in [0.2, 0.25) is 0 Å². The van der Waals surface area contributed by atoms with Gasteiger partial charge in [0.1, 0.15) is 5.69 Å². The lowest BCUT2D eigenvalue weighted by Gasteiger charge is -2.27. The molecular formula is C19H20F2N6OS. The predicted molar refractivity (Wildman–Crippen MR) is 104 cm³/mol. The number of carbonyl (C=O) groups excluding carboxylic acids is 1. The standard InChI is InChI=1S/C19H20F2N6OS/c1-4-29-19-23-22-17(25(19)2)16-12-10-27(8-7-15(12)26(3)24-16)18(28)11-5-6-13(20)14(21)9-11/h5-6,9H,4,7-8,10H2,1-3H3. The molecular weight excluding hydrogens is 398 g/mol. The molecule has 29 heavy (non-hydrogen) atoms. The van der Waals surface area contributed by atoms with Gasteiger partial charge < -0.3 is 9.47 Å². The molecule has 0 saturated carbocycles. The van der Waals surface area contributed by atoms with Gasteiger partial charge in [-0.2, -0.15) is 5.10 Å². The van der Waals surface area contributed by atoms with Gasteiger partial charge in [0, 0.05) is 43.9 Å². The maximum atomic E-state index is 13.6. The molecule has 7 nitrogen and oxygen atoms in total. The van der Waals surface area contributed by atoms with Gasteiger partial charge in [-0.15, -0.1) is 10.2 Å². The van der Waals surface area contributed by atoms with Gasteiger partial charge in [-0.3, -0.25) is 9.48 Å². The van der Waals surface area contributed by atoms with Gasteiger partial charge in [-0.05, 0) is 24.0 Å². The van der Waals surface area contributed by atoms with Gasteiger partial charge in [-0.1, -0.05) is 18.7 Å². The minimum atomic E-state index is -1.03. The first-order valence-corrected chi connectivity index (χ1v) is 10.2. The second-order valence-corrected chi connectivity index (χ2v) is 8.03. The van der Waals surface area contributed by atoms with Crippen molar-refractivity contribution in [1.82, 2.24) is 29.4 Å². The molecule has 1 amide bonds. The number of aromatic nitrogens is 5. The van der Waals surface area contributed by atoms with Crippen molar-refractivity contribution in [3.63, 3.8) is 0 Å². The van der Waals surface area contributed by atoms with E-state index in [9.17, 15) is 13.6 Å². The number of amides is 1. The van der Waals surface area contributed by atoms with Crippen LogP contribution in [0.25, 0.3) is 11.5 Å². The van der Waals surface area contributed by atoms with E-state index >= 15 is 0 Å². The van der Waals surface area contributed by atoms with Crippen LogP contribution in [0.1, 0.15) is 28.5 Å². The van der Waals surface area contributed by atoms with Crippen LogP contribution in [0.15, 0.2) is 23.4 Å². The van der Waals surface area contributed by atoms with Crippen LogP contribution < -0.4 is 0 Å². The van der Waals surface area contributed by atoms with Gasteiger partial charge in [0.2, 0.25) is 0 Å². The van der Waals surface area contributed by atoms with Crippen LogP contribution >= 0.6 is 11.8 Å². The molecule has 0 bridgehead atoms. The molecule has 1 aliphatic heterocycles. The van der Waals surface area contributed by atoms with E-state index in [1.165, 1.54) is 6.07 Å². The number of thioether (sulfide) groups is 1. The second-order valence-electron chi connectivity index (χ2n) is 6.80. The number of carbonyl (C=O) groups is 1. The molecule has 3 heterocycles. The van der Waals surface area contributed by atoms with E-state index in [1.54, 1.807) is 16.7 Å². The van der Waals surface area contributed by atoms with E-state index in [0.29, 0.717) is 31.0 Å². The van der Waals surface area contributed by atoms with E-state index in [1.807, 2.05) is 30.3 Å². The highest BCUT2D eigenvalue weighted by Crippen LogP contribution is 2.30. The van der Waals surface area contributed by atoms with Crippen molar-refractivity contribution >= 4 is 17.7 Å². The summed E-state index contributed by atoms with van der Waals surface area (Å²) in [7, 11) is 3.76. The summed E-state index contributed by atoms with van der Waals surface area (Å²) in [6.07, 6.45) is 0.614. The van der Waals surface area contributed by atoms with Gasteiger partial charge >= 0.3 is 0 Å². The first-order valence-electron chi connectivity index (χ1n) is 9.22. The average molecular weight is 418 g/mol. The van der Waals surface area contributed by atoms with Gasteiger partial charge in [0.05, 0.1) is 6.54 Å². The fourth-order valence-electron chi connectivity index (χ4n) is 3.53. The molecule has 10 heteroatoms. The van der Waals surface area contributed by atoms with Crippen LogP contribution in [0, 0.1) is 11.6 Å². The number of halogens is 2. The largest absolute Gasteiger partial charge is 0.334 e. The molecule has 1 aliphatic rings. The van der Waals surface area contributed by atoms with Crippen LogP contribution in [-0.2, 0) is 27.1 Å². The molecule has 0 atom stereocenters. The maximum absolute atomic E-state index is 13.6. The first kappa shape index (κ1) is 19.6. The fraction of sp³-hybridized carbons (Fsp3) is 0.368. The molecule has 3 aromatic rings. The van der Waals surface area contributed by atoms with Crippen molar-refractivity contribution in [3.05, 3.63) is 46.7 Å². The van der Waals surface area contributed by atoms with E-state index in [4.69, 9.17) is 0 Å². The van der Waals surface area contributed by atoms with E-state index in [-0.39, 0.29) is 11.5 Å². The lowest BCUT2D eigenvalue weighted by Crippen LogP contribution is -2.36. The summed E-state index contributed by atoms with van der Waals surface area (Å²) in [6.45, 7) is 2.84. The monoisotopic (exact) mass is 418 g/mol. The number of aryl methyl sites for hydroxylation is 1. The summed E-state index contributed by atoms with van der Waals surface area (Å²) in [5.41, 5.74) is 2.74. The first-order chi connectivity index (χ1) is 13.9. The minimum absolute atomic E-state index is 0.123. The van der Waals surface area contributed by atoms with Gasteiger partial charge in [0.25, 0.3) is 5.91 Å². The summed E-state index contributed by atoms with van der Waals surface area (Å²) >= 11 is 1.59. The topological polar surface area (TPSA) is 68.8 Å². The summed E-state index contributed by atoms with van der Waals surface area (Å²) in [5.74, 6) is -0.830. The Hall–Kier alpha value is -2.75. The zero-order chi connectivity index (χ0) is 20.7. The van der Waals surface area contributed by atoms with E-state index < -0.39 is 11.6 Å². The van der Waals surface area contributed by atoms with Crippen molar-refractivity contribution in [2.24, 2.45) is 14.1 Å². The molecule has 0 radical (unpaired) electrons. The van der Waals surface area contributed by atoms with Gasteiger partial charge in [0.15, 0.2) is 22.6 Å². The Bertz CT molecular complexity index is 1090. The molecule has 0 aliphatic carbocycles. The van der Waals surface area contributed by atoms with Crippen LogP contribution in [0.5, 0.6) is 0 Å². The number of fused-ring (bicyclic) bond motifs is 1. The quantitative estimate of drug-likeness (QED) is 0.610. The Morgan fingerprint density at radius 2 is 2.00 bits per heavy atom. The number of hydrogen-bond donors (Lipinski definition) is 0. The molecule has 0 spiro atoms. The number of rotatable bonds is 4. The Kier molecular flexibility index (Phi) is 5.12. The Balaban J connectivity index is 1.67. The molecule has 152 valence electrons. The van der Waals surface area contributed by atoms with Crippen molar-refractivity contribution < 1.29 is 13.6 Å². The SMILES string of the molecule is CCSc1nnc(-c2nn(C)c3c2CN(C(=O)c2ccc(F)c(F)c2)CC3)n1C. The third-order valence-electron chi connectivity index (χ3n) is 5.02. The van der Waals surface area contributed by atoms with Crippen molar-refractivity contribution in [2.45, 2.75) is 25.0 Å². The summed E-state index contributed by atoms with van der Waals surface area (Å²) in [5, 5.41) is 13.9. The summed E-state index contributed by atoms with van der Waals surface area (Å²) in [6, 6.07) is 3.21. The summed E-state index contributed by atoms with van der Waals surface area (Å²) in [4.78, 5) is 14.5. The highest BCUT2D eigenvalue weighted by Gasteiger charge is 2.30. The lowest BCUT2D eigenvalue weighted by molar-refractivity contribution is 0.0733. The minimum Gasteiger partial charge on any atom is -0.334 e. The molecule has 0 saturated heterocycles. The van der Waals surface area contributed by atoms with E-state index in [2.05, 4.69) is 15.3 Å². The third kappa shape index (κ3) is 3.41. The Morgan fingerprint density at radius 3 is 2.72 bits per heavy atom. The average Bonchev–Trinajstić information content (AvgIpc) is 3.23. The highest BCUT2D eigenvalue weighted by molar-refractivity contribution is 7.99. The lowest BCUT2D eigenvalue weighted by atomic mass is 10.0. The molecule has 4 rings (SSSR count). The fourth-order valence-corrected chi connectivity index (χ4v) is 4.17. The summed E-state index contributed by atoms with van der Waals surface area (Å²) < 4.78 is 30.5. The number of benzene rings is 1. The second kappa shape index (κ2) is 7.58. The van der Waals surface area contributed by atoms with Gasteiger partial charge in [-0.25, -0.2) is 8.78 Å².